The molecule has 2 aromatic heterocycles. The van der Waals surface area contributed by atoms with Crippen LogP contribution >= 0.6 is 0 Å². The number of pyridine rings is 2. The number of ether oxygens (including phenoxy) is 1. The molecule has 0 saturated carbocycles. The van der Waals surface area contributed by atoms with Crippen LogP contribution in [0.2, 0.25) is 0 Å². The molecule has 0 fully saturated rings. The van der Waals surface area contributed by atoms with Crippen LogP contribution in [0.5, 0.6) is 5.75 Å². The van der Waals surface area contributed by atoms with Crippen molar-refractivity contribution in [3.8, 4) is 5.75 Å². The molecule has 1 aromatic carbocycles. The summed E-state index contributed by atoms with van der Waals surface area (Å²) in [6.45, 7) is 3.78. The van der Waals surface area contributed by atoms with Crippen LogP contribution in [0.4, 0.5) is 4.39 Å². The van der Waals surface area contributed by atoms with Crippen molar-refractivity contribution in [2.75, 3.05) is 0 Å². The number of nitrogens with one attached hydrogen (secondary N) is 1. The lowest BCUT2D eigenvalue weighted by atomic mass is 10.1. The Bertz CT molecular complexity index is 1080. The van der Waals surface area contributed by atoms with Crippen LogP contribution in [0, 0.1) is 5.82 Å². The molecule has 6 nitrogen and oxygen atoms in total. The van der Waals surface area contributed by atoms with Crippen LogP contribution < -0.4 is 5.56 Å². The number of esters is 1. The second-order valence-electron chi connectivity index (χ2n) is 7.08. The van der Waals surface area contributed by atoms with E-state index in [1.165, 1.54) is 12.1 Å². The number of halogens is 1. The highest BCUT2D eigenvalue weighted by Crippen LogP contribution is 2.25. The highest BCUT2D eigenvalue weighted by atomic mass is 19.1. The summed E-state index contributed by atoms with van der Waals surface area (Å²) in [5.41, 5.74) is 0.884. The molecule has 0 saturated heterocycles. The molecule has 1 atom stereocenters. The van der Waals surface area contributed by atoms with Crippen molar-refractivity contribution in [3.63, 3.8) is 0 Å². The average molecular weight is 398 g/mol. The van der Waals surface area contributed by atoms with Crippen molar-refractivity contribution in [2.45, 2.75) is 45.6 Å². The summed E-state index contributed by atoms with van der Waals surface area (Å²) >= 11 is 0. The number of hydrogen-bond donors (Lipinski definition) is 2. The lowest BCUT2D eigenvalue weighted by molar-refractivity contribution is 0.0315. The number of benzene rings is 1. The van der Waals surface area contributed by atoms with Crippen LogP contribution in [-0.4, -0.2) is 27.1 Å². The number of aromatic hydroxyl groups is 1. The fraction of sp³-hybridized carbons (Fsp3) is 0.318. The third-order valence-corrected chi connectivity index (χ3v) is 4.68. The summed E-state index contributed by atoms with van der Waals surface area (Å²) in [5.74, 6) is -1.68. The van der Waals surface area contributed by atoms with E-state index < -0.39 is 22.8 Å². The Morgan fingerprint density at radius 3 is 2.69 bits per heavy atom. The van der Waals surface area contributed by atoms with Crippen LogP contribution in [0.15, 0.2) is 41.3 Å². The Morgan fingerprint density at radius 2 is 2.00 bits per heavy atom. The number of aromatic nitrogens is 2. The molecule has 0 aliphatic rings. The fourth-order valence-corrected chi connectivity index (χ4v) is 3.12. The molecule has 3 aromatic rings. The van der Waals surface area contributed by atoms with Gasteiger partial charge in [-0.15, -0.1) is 0 Å². The van der Waals surface area contributed by atoms with Gasteiger partial charge in [-0.3, -0.25) is 9.78 Å². The van der Waals surface area contributed by atoms with Crippen molar-refractivity contribution in [1.29, 1.82) is 0 Å². The number of aromatic amines is 1. The van der Waals surface area contributed by atoms with Gasteiger partial charge in [0.15, 0.2) is 11.3 Å². The standard InChI is InChI=1S/C22H23FN2O4/c1-3-4-5-13(2)29-22(28)18-20(26)19-17(25-21(18)27)11-15(12-24-19)10-14-6-8-16(23)9-7-14/h6-9,11-13H,3-5,10H2,1-2H3,(H2,25,26,27). The Morgan fingerprint density at radius 1 is 1.28 bits per heavy atom. The van der Waals surface area contributed by atoms with Gasteiger partial charge in [0.1, 0.15) is 11.3 Å². The lowest BCUT2D eigenvalue weighted by Gasteiger charge is -2.13. The molecule has 0 aliphatic carbocycles. The van der Waals surface area contributed by atoms with E-state index in [-0.39, 0.29) is 17.4 Å². The molecule has 0 aliphatic heterocycles. The predicted molar refractivity (Wildman–Crippen MR) is 108 cm³/mol. The predicted octanol–water partition coefficient (Wildman–Crippen LogP) is 4.09. The molecular weight excluding hydrogens is 375 g/mol. The van der Waals surface area contributed by atoms with Gasteiger partial charge in [-0.25, -0.2) is 9.18 Å². The van der Waals surface area contributed by atoms with E-state index in [1.54, 1.807) is 31.3 Å². The number of rotatable bonds is 7. The zero-order chi connectivity index (χ0) is 21.0. The Balaban J connectivity index is 1.88. The summed E-state index contributed by atoms with van der Waals surface area (Å²) in [4.78, 5) is 31.6. The summed E-state index contributed by atoms with van der Waals surface area (Å²) in [6.07, 6.45) is 4.20. The maximum atomic E-state index is 13.0. The molecule has 2 heterocycles. The summed E-state index contributed by atoms with van der Waals surface area (Å²) < 4.78 is 18.3. The van der Waals surface area contributed by atoms with Crippen LogP contribution in [0.25, 0.3) is 11.0 Å². The summed E-state index contributed by atoms with van der Waals surface area (Å²) in [5, 5.41) is 10.5. The van der Waals surface area contributed by atoms with Crippen molar-refractivity contribution in [1.82, 2.24) is 9.97 Å². The minimum absolute atomic E-state index is 0.112. The van der Waals surface area contributed by atoms with Gasteiger partial charge in [0.2, 0.25) is 0 Å². The minimum Gasteiger partial charge on any atom is -0.505 e. The maximum Gasteiger partial charge on any atom is 0.347 e. The van der Waals surface area contributed by atoms with E-state index in [0.29, 0.717) is 18.4 Å². The monoisotopic (exact) mass is 398 g/mol. The minimum atomic E-state index is -0.869. The van der Waals surface area contributed by atoms with Gasteiger partial charge in [-0.2, -0.15) is 0 Å². The molecule has 0 radical (unpaired) electrons. The highest BCUT2D eigenvalue weighted by molar-refractivity contribution is 5.98. The van der Waals surface area contributed by atoms with Gasteiger partial charge in [0.25, 0.3) is 5.56 Å². The van der Waals surface area contributed by atoms with E-state index in [1.807, 2.05) is 6.92 Å². The van der Waals surface area contributed by atoms with E-state index in [0.717, 1.165) is 24.0 Å². The number of unbranched alkanes of at least 4 members (excludes halogenated alkanes) is 1. The van der Waals surface area contributed by atoms with Crippen LogP contribution in [0.1, 0.15) is 54.6 Å². The van der Waals surface area contributed by atoms with Gasteiger partial charge < -0.3 is 14.8 Å². The lowest BCUT2D eigenvalue weighted by Crippen LogP contribution is -2.23. The number of nitrogens with zero attached hydrogens (tertiary/aromatic N) is 1. The molecule has 7 heteroatoms. The van der Waals surface area contributed by atoms with Crippen LogP contribution in [-0.2, 0) is 11.2 Å². The molecule has 2 N–H and O–H groups in total. The quantitative estimate of drug-likeness (QED) is 0.585. The first-order chi connectivity index (χ1) is 13.9. The summed E-state index contributed by atoms with van der Waals surface area (Å²) in [7, 11) is 0. The molecule has 0 amide bonds. The average Bonchev–Trinajstić information content (AvgIpc) is 2.68. The number of H-pyrrole nitrogens is 1. The van der Waals surface area contributed by atoms with Crippen molar-refractivity contribution < 1.29 is 19.0 Å². The van der Waals surface area contributed by atoms with E-state index >= 15 is 0 Å². The Kier molecular flexibility index (Phi) is 6.26. The van der Waals surface area contributed by atoms with Gasteiger partial charge in [-0.1, -0.05) is 31.9 Å². The SMILES string of the molecule is CCCCC(C)OC(=O)c1c(O)c2ncc(Cc3ccc(F)cc3)cc2[nH]c1=O. The first-order valence-corrected chi connectivity index (χ1v) is 9.58. The second kappa shape index (κ2) is 8.86. The highest BCUT2D eigenvalue weighted by Gasteiger charge is 2.23. The van der Waals surface area contributed by atoms with Crippen molar-refractivity contribution in [2.24, 2.45) is 0 Å². The van der Waals surface area contributed by atoms with Crippen molar-refractivity contribution in [3.05, 3.63) is 69.4 Å². The molecule has 152 valence electrons. The largest absolute Gasteiger partial charge is 0.505 e. The first kappa shape index (κ1) is 20.5. The zero-order valence-corrected chi connectivity index (χ0v) is 16.4. The van der Waals surface area contributed by atoms with Gasteiger partial charge >= 0.3 is 5.97 Å². The maximum absolute atomic E-state index is 13.0. The fourth-order valence-electron chi connectivity index (χ4n) is 3.12. The van der Waals surface area contributed by atoms with Crippen molar-refractivity contribution >= 4 is 17.0 Å². The molecule has 0 spiro atoms. The molecular formula is C22H23FN2O4. The number of fused-ring (bicyclic) bond motifs is 1. The van der Waals surface area contributed by atoms with Gasteiger partial charge in [0.05, 0.1) is 11.6 Å². The molecule has 0 bridgehead atoms. The third kappa shape index (κ3) is 4.80. The number of carbonyl (C=O) groups excluding carboxylic acids is 1. The van der Waals surface area contributed by atoms with E-state index in [9.17, 15) is 19.1 Å². The number of carbonyl (C=O) groups is 1. The first-order valence-electron chi connectivity index (χ1n) is 9.58. The molecule has 3 rings (SSSR count). The van der Waals surface area contributed by atoms with Gasteiger partial charge in [-0.05, 0) is 49.1 Å². The Labute approximate surface area is 167 Å². The van der Waals surface area contributed by atoms with E-state index in [2.05, 4.69) is 9.97 Å². The smallest absolute Gasteiger partial charge is 0.347 e. The van der Waals surface area contributed by atoms with E-state index in [4.69, 9.17) is 4.74 Å². The topological polar surface area (TPSA) is 92.3 Å². The van der Waals surface area contributed by atoms with Gasteiger partial charge in [0, 0.05) is 6.20 Å². The normalized spacial score (nSPS) is 12.1. The second-order valence-corrected chi connectivity index (χ2v) is 7.08. The number of hydrogen-bond acceptors (Lipinski definition) is 5. The third-order valence-electron chi connectivity index (χ3n) is 4.68. The van der Waals surface area contributed by atoms with Crippen LogP contribution in [0.3, 0.4) is 0 Å². The summed E-state index contributed by atoms with van der Waals surface area (Å²) in [6, 6.07) is 7.75. The Hall–Kier alpha value is -3.22. The molecule has 1 unspecified atom stereocenters. The zero-order valence-electron chi connectivity index (χ0n) is 16.4. The molecule has 29 heavy (non-hydrogen) atoms.